The largest absolute Gasteiger partial charge is 0.481 e. The summed E-state index contributed by atoms with van der Waals surface area (Å²) in [5, 5.41) is 0. The quantitative estimate of drug-likeness (QED) is 0.708. The second-order valence-corrected chi connectivity index (χ2v) is 2.93. The Hall–Kier alpha value is -1.95. The van der Waals surface area contributed by atoms with Crippen LogP contribution in [0.2, 0.25) is 0 Å². The summed E-state index contributed by atoms with van der Waals surface area (Å²) in [5.74, 6) is 0.317. The van der Waals surface area contributed by atoms with E-state index in [0.29, 0.717) is 17.2 Å². The fraction of sp³-hybridized carbons (Fsp3) is 0.222. The van der Waals surface area contributed by atoms with E-state index in [-0.39, 0.29) is 12.3 Å². The summed E-state index contributed by atoms with van der Waals surface area (Å²) in [7, 11) is 1.53. The Kier molecular flexibility index (Phi) is 2.34. The molecule has 0 aliphatic heterocycles. The fourth-order valence-electron chi connectivity index (χ4n) is 1.28. The van der Waals surface area contributed by atoms with Gasteiger partial charge in [-0.2, -0.15) is 0 Å². The van der Waals surface area contributed by atoms with Gasteiger partial charge in [0.25, 0.3) is 0 Å². The smallest absolute Gasteiger partial charge is 0.218 e. The van der Waals surface area contributed by atoms with Gasteiger partial charge in [0, 0.05) is 6.20 Å². The number of methoxy groups -OCH3 is 1. The molecule has 2 N–H and O–H groups in total. The zero-order valence-corrected chi connectivity index (χ0v) is 8.17. The van der Waals surface area contributed by atoms with Crippen molar-refractivity contribution in [1.29, 1.82) is 0 Å². The summed E-state index contributed by atoms with van der Waals surface area (Å²) < 4.78 is 6.72. The monoisotopic (exact) mass is 206 g/mol. The van der Waals surface area contributed by atoms with Crippen LogP contribution in [0, 0.1) is 0 Å². The van der Waals surface area contributed by atoms with E-state index in [2.05, 4.69) is 9.97 Å². The molecule has 2 heterocycles. The van der Waals surface area contributed by atoms with Crippen molar-refractivity contribution in [3.63, 3.8) is 0 Å². The number of nitrogens with zero attached hydrogens (tertiary/aromatic N) is 3. The van der Waals surface area contributed by atoms with Crippen molar-refractivity contribution in [2.24, 2.45) is 5.73 Å². The van der Waals surface area contributed by atoms with Gasteiger partial charge in [0.15, 0.2) is 11.4 Å². The Bertz CT molecular complexity index is 506. The van der Waals surface area contributed by atoms with Gasteiger partial charge in [-0.1, -0.05) is 0 Å². The molecule has 15 heavy (non-hydrogen) atoms. The van der Waals surface area contributed by atoms with Crippen molar-refractivity contribution in [2.45, 2.75) is 0 Å². The zero-order chi connectivity index (χ0) is 10.8. The normalized spacial score (nSPS) is 10.5. The minimum Gasteiger partial charge on any atom is -0.481 e. The van der Waals surface area contributed by atoms with E-state index < -0.39 is 0 Å². The number of fused-ring (bicyclic) bond motifs is 1. The third-order valence-electron chi connectivity index (χ3n) is 2.03. The Morgan fingerprint density at radius 1 is 1.60 bits per heavy atom. The maximum atomic E-state index is 11.3. The van der Waals surface area contributed by atoms with Gasteiger partial charge in [-0.3, -0.25) is 14.2 Å². The average molecular weight is 206 g/mol. The number of hydrogen-bond acceptors (Lipinski definition) is 5. The lowest BCUT2D eigenvalue weighted by Gasteiger charge is -2.00. The number of nitrogens with two attached hydrogens (primary N) is 1. The summed E-state index contributed by atoms with van der Waals surface area (Å²) in [6.45, 7) is -0.0559. The number of carbonyl (C=O) groups excluding carboxylic acids is 1. The third kappa shape index (κ3) is 1.55. The highest BCUT2D eigenvalue weighted by molar-refractivity contribution is 5.96. The summed E-state index contributed by atoms with van der Waals surface area (Å²) in [6.07, 6.45) is 4.69. The predicted octanol–water partition coefficient (Wildman–Crippen LogP) is -0.121. The minimum absolute atomic E-state index is 0.0559. The van der Waals surface area contributed by atoms with Gasteiger partial charge < -0.3 is 10.5 Å². The Morgan fingerprint density at radius 3 is 3.07 bits per heavy atom. The Morgan fingerprint density at radius 2 is 2.40 bits per heavy atom. The lowest BCUT2D eigenvalue weighted by atomic mass is 10.3. The molecule has 0 aromatic carbocycles. The van der Waals surface area contributed by atoms with Crippen LogP contribution in [0.3, 0.4) is 0 Å². The summed E-state index contributed by atoms with van der Waals surface area (Å²) >= 11 is 0. The molecule has 6 nitrogen and oxygen atoms in total. The van der Waals surface area contributed by atoms with Crippen LogP contribution in [-0.2, 0) is 0 Å². The Labute approximate surface area is 85.7 Å². The first-order valence-electron chi connectivity index (χ1n) is 4.36. The van der Waals surface area contributed by atoms with E-state index in [4.69, 9.17) is 10.5 Å². The molecule has 0 atom stereocenters. The molecule has 0 bridgehead atoms. The van der Waals surface area contributed by atoms with Crippen LogP contribution < -0.4 is 10.5 Å². The van der Waals surface area contributed by atoms with Crippen LogP contribution in [0.1, 0.15) is 10.5 Å². The third-order valence-corrected chi connectivity index (χ3v) is 2.03. The molecular formula is C9H10N4O2. The molecule has 0 unspecified atom stereocenters. The average Bonchev–Trinajstić information content (AvgIpc) is 2.71. The van der Waals surface area contributed by atoms with Crippen molar-refractivity contribution >= 4 is 11.4 Å². The van der Waals surface area contributed by atoms with Crippen LogP contribution in [0.4, 0.5) is 0 Å². The van der Waals surface area contributed by atoms with Crippen molar-refractivity contribution in [3.8, 4) is 5.88 Å². The van der Waals surface area contributed by atoms with E-state index in [0.717, 1.165) is 0 Å². The summed E-state index contributed by atoms with van der Waals surface area (Å²) in [6, 6.07) is 0. The van der Waals surface area contributed by atoms with Crippen molar-refractivity contribution in [1.82, 2.24) is 14.4 Å². The molecule has 0 spiro atoms. The molecule has 78 valence electrons. The molecule has 2 aromatic heterocycles. The number of hydrogen-bond donors (Lipinski definition) is 1. The molecule has 2 rings (SSSR count). The van der Waals surface area contributed by atoms with Crippen LogP contribution in [0.25, 0.3) is 5.65 Å². The molecule has 2 aromatic rings. The van der Waals surface area contributed by atoms with E-state index in [1.54, 1.807) is 23.0 Å². The fourth-order valence-corrected chi connectivity index (χ4v) is 1.28. The number of imidazole rings is 1. The molecule has 6 heteroatoms. The van der Waals surface area contributed by atoms with E-state index in [1.165, 1.54) is 7.11 Å². The first kappa shape index (κ1) is 9.60. The molecule has 0 aliphatic rings. The minimum atomic E-state index is -0.208. The highest BCUT2D eigenvalue weighted by atomic mass is 16.5. The van der Waals surface area contributed by atoms with E-state index in [9.17, 15) is 4.79 Å². The number of ether oxygens (including phenoxy) is 1. The first-order valence-corrected chi connectivity index (χ1v) is 4.36. The molecule has 0 saturated carbocycles. The molecule has 0 aliphatic carbocycles. The van der Waals surface area contributed by atoms with Crippen LogP contribution >= 0.6 is 0 Å². The molecule has 0 fully saturated rings. The maximum Gasteiger partial charge on any atom is 0.218 e. The Balaban J connectivity index is 2.60. The van der Waals surface area contributed by atoms with Gasteiger partial charge >= 0.3 is 0 Å². The van der Waals surface area contributed by atoms with Crippen LogP contribution in [0.5, 0.6) is 5.88 Å². The van der Waals surface area contributed by atoms with Gasteiger partial charge in [-0.25, -0.2) is 4.98 Å². The van der Waals surface area contributed by atoms with Crippen molar-refractivity contribution in [2.75, 3.05) is 13.7 Å². The number of aromatic nitrogens is 3. The molecule has 0 saturated heterocycles. The number of rotatable bonds is 3. The van der Waals surface area contributed by atoms with Crippen LogP contribution in [0.15, 0.2) is 18.6 Å². The SMILES string of the molecule is COc1cncc2nc(C(=O)CN)cn12. The van der Waals surface area contributed by atoms with E-state index in [1.807, 2.05) is 0 Å². The number of Topliss-reactive ketones (excluding diaryl/α,β-unsaturated/α-hetero) is 1. The summed E-state index contributed by atoms with van der Waals surface area (Å²) in [5.41, 5.74) is 6.13. The van der Waals surface area contributed by atoms with Gasteiger partial charge in [0.05, 0.1) is 26.0 Å². The lowest BCUT2D eigenvalue weighted by Crippen LogP contribution is -2.13. The predicted molar refractivity (Wildman–Crippen MR) is 52.9 cm³/mol. The zero-order valence-electron chi connectivity index (χ0n) is 8.17. The topological polar surface area (TPSA) is 82.5 Å². The van der Waals surface area contributed by atoms with Gasteiger partial charge in [0.1, 0.15) is 5.69 Å². The van der Waals surface area contributed by atoms with Crippen LogP contribution in [-0.4, -0.2) is 33.8 Å². The molecular weight excluding hydrogens is 196 g/mol. The molecule has 0 radical (unpaired) electrons. The highest BCUT2D eigenvalue weighted by Gasteiger charge is 2.10. The van der Waals surface area contributed by atoms with Gasteiger partial charge in [-0.05, 0) is 0 Å². The second-order valence-electron chi connectivity index (χ2n) is 2.93. The van der Waals surface area contributed by atoms with Gasteiger partial charge in [-0.15, -0.1) is 0 Å². The summed E-state index contributed by atoms with van der Waals surface area (Å²) in [4.78, 5) is 19.3. The van der Waals surface area contributed by atoms with Crippen molar-refractivity contribution in [3.05, 3.63) is 24.3 Å². The number of carbonyl (C=O) groups is 1. The lowest BCUT2D eigenvalue weighted by molar-refractivity contribution is 0.0997. The highest BCUT2D eigenvalue weighted by Crippen LogP contribution is 2.13. The first-order chi connectivity index (χ1) is 7.26. The maximum absolute atomic E-state index is 11.3. The van der Waals surface area contributed by atoms with Crippen molar-refractivity contribution < 1.29 is 9.53 Å². The van der Waals surface area contributed by atoms with E-state index >= 15 is 0 Å². The van der Waals surface area contributed by atoms with Gasteiger partial charge in [0.2, 0.25) is 5.88 Å². The number of ketones is 1. The second kappa shape index (κ2) is 3.66. The standard InChI is InChI=1S/C9H10N4O2/c1-15-9-4-11-3-8-12-6(5-13(8)9)7(14)2-10/h3-5H,2,10H2,1H3. The molecule has 0 amide bonds.